The molecule has 2 N–H and O–H groups in total. The molecule has 49 heavy (non-hydrogen) atoms. The molecule has 12 nitrogen and oxygen atoms in total. The average Bonchev–Trinajstić information content (AvgIpc) is 3.73. The van der Waals surface area contributed by atoms with Crippen LogP contribution < -0.4 is 10.6 Å². The fourth-order valence-electron chi connectivity index (χ4n) is 5.12. The quantitative estimate of drug-likeness (QED) is 0.197. The number of rotatable bonds is 6. The molecule has 0 fully saturated rings. The first-order valence-electron chi connectivity index (χ1n) is 14.1. The van der Waals surface area contributed by atoms with E-state index in [-0.39, 0.29) is 17.4 Å². The molecular formula is C30H25F7N8O4. The number of carbonyl (C=O) groups is 3. The summed E-state index contributed by atoms with van der Waals surface area (Å²) in [5, 5.41) is 9.06. The number of Topliss-reactive ketones (excluding diaryl/α,β-unsaturated/α-hetero) is 2. The van der Waals surface area contributed by atoms with Crippen LogP contribution in [0.2, 0.25) is 0 Å². The van der Waals surface area contributed by atoms with Crippen molar-refractivity contribution in [1.29, 1.82) is 0 Å². The molecule has 0 aliphatic carbocycles. The van der Waals surface area contributed by atoms with E-state index < -0.39 is 29.7 Å². The van der Waals surface area contributed by atoms with Crippen molar-refractivity contribution < 1.29 is 49.6 Å². The molecule has 0 bridgehead atoms. The Kier molecular flexibility index (Phi) is 9.07. The second kappa shape index (κ2) is 12.8. The number of imidazole rings is 1. The molecule has 19 heteroatoms. The van der Waals surface area contributed by atoms with Crippen LogP contribution in [0.4, 0.5) is 42.2 Å². The van der Waals surface area contributed by atoms with Gasteiger partial charge in [0.2, 0.25) is 0 Å². The first-order chi connectivity index (χ1) is 22.9. The number of hydrogen-bond acceptors (Lipinski definition) is 9. The summed E-state index contributed by atoms with van der Waals surface area (Å²) in [6.07, 6.45) is -7.50. The van der Waals surface area contributed by atoms with Crippen LogP contribution >= 0.6 is 0 Å². The number of nitrogens with zero attached hydrogens (tertiary/aromatic N) is 7. The van der Waals surface area contributed by atoms with Crippen LogP contribution in [-0.2, 0) is 22.6 Å². The summed E-state index contributed by atoms with van der Waals surface area (Å²) < 4.78 is 91.1. The first kappa shape index (κ1) is 34.7. The number of ketones is 2. The highest BCUT2D eigenvalue weighted by Crippen LogP contribution is 2.32. The van der Waals surface area contributed by atoms with Gasteiger partial charge in [-0.1, -0.05) is 5.16 Å². The second-order valence-corrected chi connectivity index (χ2v) is 11.0. The van der Waals surface area contributed by atoms with E-state index in [1.807, 2.05) is 30.5 Å². The van der Waals surface area contributed by atoms with Gasteiger partial charge in [-0.15, -0.1) is 0 Å². The monoisotopic (exact) mass is 694 g/mol. The number of halogens is 7. The molecule has 0 saturated heterocycles. The van der Waals surface area contributed by atoms with Crippen molar-refractivity contribution in [3.63, 3.8) is 0 Å². The van der Waals surface area contributed by atoms with Crippen molar-refractivity contribution in [2.24, 2.45) is 0 Å². The highest BCUT2D eigenvalue weighted by atomic mass is 19.4. The number of hydrogen-bond donors (Lipinski definition) is 1. The van der Waals surface area contributed by atoms with Gasteiger partial charge in [0.1, 0.15) is 17.3 Å². The molecule has 1 aliphatic rings. The largest absolute Gasteiger partial charge is 0.458 e. The molecule has 4 heterocycles. The highest BCUT2D eigenvalue weighted by molar-refractivity contribution is 6.41. The van der Waals surface area contributed by atoms with E-state index >= 15 is 4.39 Å². The van der Waals surface area contributed by atoms with Crippen molar-refractivity contribution in [3.05, 3.63) is 77.4 Å². The van der Waals surface area contributed by atoms with Gasteiger partial charge in [0.25, 0.3) is 5.91 Å². The minimum atomic E-state index is -5.77. The Balaban J connectivity index is 0.000000335. The number of benzene rings is 2. The lowest BCUT2D eigenvalue weighted by Gasteiger charge is -2.28. The lowest BCUT2D eigenvalue weighted by Crippen LogP contribution is -2.39. The van der Waals surface area contributed by atoms with Gasteiger partial charge in [0.15, 0.2) is 11.4 Å². The Morgan fingerprint density at radius 1 is 1.00 bits per heavy atom. The number of fused-ring (bicyclic) bond motifs is 2. The van der Waals surface area contributed by atoms with Gasteiger partial charge in [-0.2, -0.15) is 31.4 Å². The zero-order chi connectivity index (χ0) is 36.0. The van der Waals surface area contributed by atoms with Gasteiger partial charge < -0.3 is 24.6 Å². The number of nitrogen functional groups attached to an aromatic ring is 1. The minimum absolute atomic E-state index is 0.220. The maximum absolute atomic E-state index is 15.5. The lowest BCUT2D eigenvalue weighted by molar-refractivity contribution is -0.193. The molecule has 0 unspecified atom stereocenters. The van der Waals surface area contributed by atoms with Crippen molar-refractivity contribution in [2.45, 2.75) is 32.2 Å². The Labute approximate surface area is 271 Å². The average molecular weight is 695 g/mol. The van der Waals surface area contributed by atoms with Crippen LogP contribution in [0, 0.1) is 12.7 Å². The zero-order valence-electron chi connectivity index (χ0n) is 25.7. The fraction of sp³-hybridized carbons (Fsp3) is 0.267. The van der Waals surface area contributed by atoms with Gasteiger partial charge in [0, 0.05) is 36.3 Å². The molecule has 0 radical (unpaired) electrons. The summed E-state index contributed by atoms with van der Waals surface area (Å²) in [6, 6.07) is 10.2. The predicted molar refractivity (Wildman–Crippen MR) is 159 cm³/mol. The minimum Gasteiger partial charge on any atom is -0.380 e. The highest BCUT2D eigenvalue weighted by Gasteiger charge is 2.54. The Morgan fingerprint density at radius 3 is 2.27 bits per heavy atom. The molecule has 6 rings (SSSR count). The van der Waals surface area contributed by atoms with Crippen LogP contribution in [0.1, 0.15) is 27.6 Å². The van der Waals surface area contributed by atoms with E-state index in [9.17, 15) is 40.7 Å². The third-order valence-electron chi connectivity index (χ3n) is 7.34. The van der Waals surface area contributed by atoms with Gasteiger partial charge >= 0.3 is 23.9 Å². The molecule has 1 aliphatic heterocycles. The molecule has 0 atom stereocenters. The number of anilines is 2. The third kappa shape index (κ3) is 6.87. The first-order valence-corrected chi connectivity index (χ1v) is 14.1. The molecule has 2 aromatic carbocycles. The topological polar surface area (TPSA) is 145 Å². The number of aryl methyl sites for hydroxylation is 1. The van der Waals surface area contributed by atoms with E-state index in [1.165, 1.54) is 11.0 Å². The van der Waals surface area contributed by atoms with E-state index in [0.717, 1.165) is 17.1 Å². The molecule has 258 valence electrons. The standard InChI is InChI=1S/C26H25FN8O2.C4F6O2/c1-15-18-8-10-34(21-6-4-16(13-20(21)27)33-11-9-29-23(33)14-32(2)3)26(36)24(18)35(30-15)17-5-7-22-19(12-17)25(28)31-37-22;5-3(6,7)1(11)2(12)4(8,9)10/h4-7,9,11-13H,8,10,14H2,1-3H3,(H2,28,31);. The third-order valence-corrected chi connectivity index (χ3v) is 7.34. The number of alkyl halides is 6. The van der Waals surface area contributed by atoms with Crippen LogP contribution in [0.25, 0.3) is 22.3 Å². The molecule has 0 saturated carbocycles. The lowest BCUT2D eigenvalue weighted by atomic mass is 10.0. The maximum atomic E-state index is 15.5. The number of amides is 1. The summed E-state index contributed by atoms with van der Waals surface area (Å²) >= 11 is 0. The van der Waals surface area contributed by atoms with Gasteiger partial charge in [-0.05, 0) is 57.8 Å². The Bertz CT molecular complexity index is 2050. The summed E-state index contributed by atoms with van der Waals surface area (Å²) in [4.78, 5) is 40.8. The predicted octanol–water partition coefficient (Wildman–Crippen LogP) is 4.74. The van der Waals surface area contributed by atoms with Crippen molar-refractivity contribution >= 4 is 39.9 Å². The normalized spacial score (nSPS) is 13.4. The second-order valence-electron chi connectivity index (χ2n) is 11.0. The SMILES string of the molecule is Cc1nn(-c2ccc3onc(N)c3c2)c2c1CCN(c1ccc(-n3ccnc3CN(C)C)cc1F)C2=O.O=C(C(=O)C(F)(F)F)C(F)(F)F. The molecular weight excluding hydrogens is 669 g/mol. The van der Waals surface area contributed by atoms with Gasteiger partial charge in [0.05, 0.1) is 29.0 Å². The van der Waals surface area contributed by atoms with E-state index in [4.69, 9.17) is 10.3 Å². The summed E-state index contributed by atoms with van der Waals surface area (Å²) in [6.45, 7) is 2.83. The molecule has 5 aromatic rings. The Hall–Kier alpha value is -5.59. The van der Waals surface area contributed by atoms with Crippen molar-refractivity contribution in [2.75, 3.05) is 31.3 Å². The van der Waals surface area contributed by atoms with Crippen LogP contribution in [-0.4, -0.2) is 79.9 Å². The maximum Gasteiger partial charge on any atom is 0.458 e. The van der Waals surface area contributed by atoms with Gasteiger partial charge in [-0.25, -0.2) is 14.1 Å². The van der Waals surface area contributed by atoms with Crippen LogP contribution in [0.5, 0.6) is 0 Å². The number of nitrogens with two attached hydrogens (primary N) is 1. The Morgan fingerprint density at radius 2 is 1.65 bits per heavy atom. The van der Waals surface area contributed by atoms with E-state index in [2.05, 4.69) is 15.2 Å². The van der Waals surface area contributed by atoms with Gasteiger partial charge in [-0.3, -0.25) is 14.4 Å². The number of aromatic nitrogens is 5. The van der Waals surface area contributed by atoms with E-state index in [1.54, 1.807) is 47.4 Å². The zero-order valence-corrected chi connectivity index (χ0v) is 25.7. The number of carbonyl (C=O) groups excluding carboxylic acids is 3. The van der Waals surface area contributed by atoms with Crippen LogP contribution in [0.15, 0.2) is 53.3 Å². The summed E-state index contributed by atoms with van der Waals surface area (Å²) in [5.41, 5.74) is 9.99. The van der Waals surface area contributed by atoms with E-state index in [0.29, 0.717) is 47.5 Å². The molecule has 3 aromatic heterocycles. The van der Waals surface area contributed by atoms with Crippen molar-refractivity contribution in [1.82, 2.24) is 29.4 Å². The fourth-order valence-corrected chi connectivity index (χ4v) is 5.12. The van der Waals surface area contributed by atoms with Crippen molar-refractivity contribution in [3.8, 4) is 11.4 Å². The summed E-state index contributed by atoms with van der Waals surface area (Å²) in [5.74, 6) is -6.56. The smallest absolute Gasteiger partial charge is 0.380 e. The van der Waals surface area contributed by atoms with Crippen LogP contribution in [0.3, 0.4) is 0 Å². The molecule has 0 spiro atoms. The molecule has 1 amide bonds. The summed E-state index contributed by atoms with van der Waals surface area (Å²) in [7, 11) is 3.90.